The van der Waals surface area contributed by atoms with Crippen LogP contribution >= 0.6 is 12.2 Å². The van der Waals surface area contributed by atoms with Crippen LogP contribution < -0.4 is 10.6 Å². The molecule has 0 heterocycles. The first-order chi connectivity index (χ1) is 11.1. The van der Waals surface area contributed by atoms with E-state index in [0.29, 0.717) is 24.3 Å². The van der Waals surface area contributed by atoms with Crippen LogP contribution in [0, 0.1) is 0 Å². The van der Waals surface area contributed by atoms with Gasteiger partial charge >= 0.3 is 5.97 Å². The van der Waals surface area contributed by atoms with E-state index in [1.54, 1.807) is 24.3 Å². The first-order valence-corrected chi connectivity index (χ1v) is 8.35. The van der Waals surface area contributed by atoms with Crippen LogP contribution in [0.15, 0.2) is 24.3 Å². The van der Waals surface area contributed by atoms with Crippen molar-refractivity contribution in [3.63, 3.8) is 0 Å². The van der Waals surface area contributed by atoms with Gasteiger partial charge in [-0.15, -0.1) is 0 Å². The van der Waals surface area contributed by atoms with Crippen LogP contribution in [0.5, 0.6) is 0 Å². The zero-order valence-corrected chi connectivity index (χ0v) is 14.5. The van der Waals surface area contributed by atoms with Gasteiger partial charge in [0.1, 0.15) is 0 Å². The number of ether oxygens (including phenoxy) is 1. The number of carbonyl (C=O) groups is 2. The van der Waals surface area contributed by atoms with Gasteiger partial charge in [0.2, 0.25) is 5.91 Å². The largest absolute Gasteiger partial charge is 0.462 e. The molecule has 1 aromatic rings. The van der Waals surface area contributed by atoms with Crippen LogP contribution in [0.25, 0.3) is 0 Å². The summed E-state index contributed by atoms with van der Waals surface area (Å²) in [7, 11) is 0. The molecule has 1 amide bonds. The fraction of sp³-hybridized carbons (Fsp3) is 0.471. The molecule has 0 aromatic heterocycles. The summed E-state index contributed by atoms with van der Waals surface area (Å²) in [5.74, 6) is -0.473. The minimum absolute atomic E-state index is 0.112. The van der Waals surface area contributed by atoms with Crippen molar-refractivity contribution in [2.75, 3.05) is 11.9 Å². The molecule has 0 aliphatic heterocycles. The summed E-state index contributed by atoms with van der Waals surface area (Å²) in [6, 6.07) is 6.84. The van der Waals surface area contributed by atoms with Crippen LogP contribution in [-0.2, 0) is 9.53 Å². The van der Waals surface area contributed by atoms with Crippen molar-refractivity contribution in [2.24, 2.45) is 0 Å². The van der Waals surface area contributed by atoms with Crippen molar-refractivity contribution in [3.05, 3.63) is 29.8 Å². The molecule has 0 aliphatic rings. The quantitative estimate of drug-likeness (QED) is 0.431. The number of nitrogens with one attached hydrogen (secondary N) is 2. The Hall–Kier alpha value is -1.95. The second-order valence-corrected chi connectivity index (χ2v) is 5.58. The lowest BCUT2D eigenvalue weighted by Crippen LogP contribution is -2.33. The predicted molar refractivity (Wildman–Crippen MR) is 95.5 cm³/mol. The highest BCUT2D eigenvalue weighted by molar-refractivity contribution is 7.80. The molecule has 1 aromatic carbocycles. The number of benzene rings is 1. The SMILES string of the molecule is CCCCOC(=O)c1cccc(NC(=S)NC(=O)CCCC)c1. The molecular formula is C17H24N2O3S. The Kier molecular flexibility index (Phi) is 8.90. The average molecular weight is 336 g/mol. The molecule has 6 heteroatoms. The molecule has 1 rings (SSSR count). The number of hydrogen-bond acceptors (Lipinski definition) is 4. The number of rotatable bonds is 8. The van der Waals surface area contributed by atoms with Gasteiger partial charge in [0.15, 0.2) is 5.11 Å². The Balaban J connectivity index is 2.54. The van der Waals surface area contributed by atoms with E-state index in [1.807, 2.05) is 13.8 Å². The Bertz CT molecular complexity index is 546. The van der Waals surface area contributed by atoms with Crippen molar-refractivity contribution < 1.29 is 14.3 Å². The second kappa shape index (κ2) is 10.7. The highest BCUT2D eigenvalue weighted by atomic mass is 32.1. The summed E-state index contributed by atoms with van der Waals surface area (Å²) in [5.41, 5.74) is 1.09. The van der Waals surface area contributed by atoms with Gasteiger partial charge in [-0.25, -0.2) is 4.79 Å². The summed E-state index contributed by atoms with van der Waals surface area (Å²) >= 11 is 5.10. The summed E-state index contributed by atoms with van der Waals surface area (Å²) in [6.45, 7) is 4.47. The van der Waals surface area contributed by atoms with E-state index in [2.05, 4.69) is 10.6 Å². The Labute approximate surface area is 142 Å². The Morgan fingerprint density at radius 2 is 1.91 bits per heavy atom. The molecule has 2 N–H and O–H groups in total. The zero-order valence-electron chi connectivity index (χ0n) is 13.7. The number of esters is 1. The maximum absolute atomic E-state index is 11.9. The minimum atomic E-state index is -0.361. The summed E-state index contributed by atoms with van der Waals surface area (Å²) < 4.78 is 5.17. The van der Waals surface area contributed by atoms with Crippen LogP contribution in [0.2, 0.25) is 0 Å². The molecular weight excluding hydrogens is 312 g/mol. The van der Waals surface area contributed by atoms with Crippen LogP contribution in [0.4, 0.5) is 5.69 Å². The number of anilines is 1. The highest BCUT2D eigenvalue weighted by Gasteiger charge is 2.09. The summed E-state index contributed by atoms with van der Waals surface area (Å²) in [5, 5.41) is 5.75. The fourth-order valence-corrected chi connectivity index (χ4v) is 2.04. The number of unbranched alkanes of at least 4 members (excludes halogenated alkanes) is 2. The molecule has 0 fully saturated rings. The molecule has 0 bridgehead atoms. The topological polar surface area (TPSA) is 67.4 Å². The first kappa shape index (κ1) is 19.1. The van der Waals surface area contributed by atoms with Crippen LogP contribution in [0.1, 0.15) is 56.3 Å². The lowest BCUT2D eigenvalue weighted by molar-refractivity contribution is -0.119. The molecule has 0 saturated heterocycles. The maximum atomic E-state index is 11.9. The van der Waals surface area contributed by atoms with Crippen LogP contribution in [0.3, 0.4) is 0 Å². The minimum Gasteiger partial charge on any atom is -0.462 e. The number of amides is 1. The van der Waals surface area contributed by atoms with Crippen molar-refractivity contribution in [1.29, 1.82) is 0 Å². The summed E-state index contributed by atoms with van der Waals surface area (Å²) in [4.78, 5) is 23.5. The third-order valence-electron chi connectivity index (χ3n) is 3.10. The van der Waals surface area contributed by atoms with Gasteiger partial charge in [-0.3, -0.25) is 4.79 Å². The van der Waals surface area contributed by atoms with Gasteiger partial charge in [-0.05, 0) is 43.3 Å². The Morgan fingerprint density at radius 1 is 1.17 bits per heavy atom. The average Bonchev–Trinajstić information content (AvgIpc) is 2.53. The Morgan fingerprint density at radius 3 is 2.61 bits per heavy atom. The lowest BCUT2D eigenvalue weighted by Gasteiger charge is -2.10. The molecule has 0 saturated carbocycles. The first-order valence-electron chi connectivity index (χ1n) is 7.94. The molecule has 23 heavy (non-hydrogen) atoms. The molecule has 0 aliphatic carbocycles. The third kappa shape index (κ3) is 7.74. The zero-order chi connectivity index (χ0) is 17.1. The van der Waals surface area contributed by atoms with E-state index < -0.39 is 0 Å². The van der Waals surface area contributed by atoms with Gasteiger partial charge in [-0.2, -0.15) is 0 Å². The van der Waals surface area contributed by atoms with E-state index in [1.165, 1.54) is 0 Å². The van der Waals surface area contributed by atoms with Gasteiger partial charge in [0.05, 0.1) is 12.2 Å². The van der Waals surface area contributed by atoms with Crippen molar-refractivity contribution in [3.8, 4) is 0 Å². The summed E-state index contributed by atoms with van der Waals surface area (Å²) in [6.07, 6.45) is 4.05. The van der Waals surface area contributed by atoms with Crippen molar-refractivity contribution >= 4 is 34.9 Å². The third-order valence-corrected chi connectivity index (χ3v) is 3.30. The lowest BCUT2D eigenvalue weighted by atomic mass is 10.2. The molecule has 126 valence electrons. The highest BCUT2D eigenvalue weighted by Crippen LogP contribution is 2.12. The van der Waals surface area contributed by atoms with E-state index in [4.69, 9.17) is 17.0 Å². The number of hydrogen-bond donors (Lipinski definition) is 2. The van der Waals surface area contributed by atoms with Gasteiger partial charge in [0.25, 0.3) is 0 Å². The van der Waals surface area contributed by atoms with Gasteiger partial charge in [-0.1, -0.05) is 32.8 Å². The molecule has 0 radical (unpaired) electrons. The van der Waals surface area contributed by atoms with E-state index >= 15 is 0 Å². The smallest absolute Gasteiger partial charge is 0.338 e. The van der Waals surface area contributed by atoms with Crippen molar-refractivity contribution in [1.82, 2.24) is 5.32 Å². The van der Waals surface area contributed by atoms with E-state index in [0.717, 1.165) is 25.7 Å². The van der Waals surface area contributed by atoms with E-state index in [-0.39, 0.29) is 17.0 Å². The monoisotopic (exact) mass is 336 g/mol. The van der Waals surface area contributed by atoms with Crippen molar-refractivity contribution in [2.45, 2.75) is 46.0 Å². The number of thiocarbonyl (C=S) groups is 1. The maximum Gasteiger partial charge on any atom is 0.338 e. The standard InChI is InChI=1S/C17H24N2O3S/c1-3-5-10-15(20)19-17(23)18-14-9-7-8-13(12-14)16(21)22-11-6-4-2/h7-9,12H,3-6,10-11H2,1-2H3,(H2,18,19,20,23). The normalized spacial score (nSPS) is 10.0. The number of carbonyl (C=O) groups excluding carboxylic acids is 2. The molecule has 5 nitrogen and oxygen atoms in total. The molecule has 0 spiro atoms. The van der Waals surface area contributed by atoms with E-state index in [9.17, 15) is 9.59 Å². The predicted octanol–water partition coefficient (Wildman–Crippen LogP) is 3.65. The van der Waals surface area contributed by atoms with Gasteiger partial charge in [0, 0.05) is 12.1 Å². The van der Waals surface area contributed by atoms with Crippen LogP contribution in [-0.4, -0.2) is 23.6 Å². The fourth-order valence-electron chi connectivity index (χ4n) is 1.81. The second-order valence-electron chi connectivity index (χ2n) is 5.18. The molecule has 0 unspecified atom stereocenters. The molecule has 0 atom stereocenters. The van der Waals surface area contributed by atoms with Gasteiger partial charge < -0.3 is 15.4 Å².